The van der Waals surface area contributed by atoms with Gasteiger partial charge >= 0.3 is 12.4 Å². The standard InChI is InChI=1S/C22H16F6N4O/c1-11-13(15-9-19(31-29-15)21(23,24)25)5-3-7-17(11)33-18-8-4-6-14(12(18)2)16-10-20(32-30-16)22(26,27)28/h3-10H,1-2H3,(H,29,31)(H,30,32). The molecule has 0 radical (unpaired) electrons. The second-order valence-electron chi connectivity index (χ2n) is 7.29. The first-order chi connectivity index (χ1) is 15.4. The first-order valence-electron chi connectivity index (χ1n) is 9.58. The molecule has 0 aliphatic rings. The molecule has 172 valence electrons. The van der Waals surface area contributed by atoms with Crippen molar-refractivity contribution < 1.29 is 31.1 Å². The fourth-order valence-electron chi connectivity index (χ4n) is 3.36. The number of aromatic nitrogens is 4. The number of nitrogens with zero attached hydrogens (tertiary/aromatic N) is 2. The van der Waals surface area contributed by atoms with Crippen molar-refractivity contribution >= 4 is 0 Å². The van der Waals surface area contributed by atoms with Crippen molar-refractivity contribution in [3.8, 4) is 34.0 Å². The molecule has 0 aliphatic carbocycles. The summed E-state index contributed by atoms with van der Waals surface area (Å²) in [4.78, 5) is 0. The van der Waals surface area contributed by atoms with Gasteiger partial charge in [0.2, 0.25) is 0 Å². The summed E-state index contributed by atoms with van der Waals surface area (Å²) in [6.45, 7) is 3.37. The molecule has 0 bridgehead atoms. The summed E-state index contributed by atoms with van der Waals surface area (Å²) in [6.07, 6.45) is -9.15. The van der Waals surface area contributed by atoms with E-state index in [0.717, 1.165) is 12.1 Å². The molecule has 4 aromatic rings. The van der Waals surface area contributed by atoms with Crippen LogP contribution in [0.4, 0.5) is 26.3 Å². The Morgan fingerprint density at radius 2 is 1.06 bits per heavy atom. The lowest BCUT2D eigenvalue weighted by molar-refractivity contribution is -0.142. The van der Waals surface area contributed by atoms with Crippen molar-refractivity contribution in [2.75, 3.05) is 0 Å². The molecule has 4 rings (SSSR count). The fourth-order valence-corrected chi connectivity index (χ4v) is 3.36. The minimum absolute atomic E-state index is 0.174. The van der Waals surface area contributed by atoms with E-state index in [2.05, 4.69) is 20.4 Å². The van der Waals surface area contributed by atoms with E-state index in [-0.39, 0.29) is 11.4 Å². The van der Waals surface area contributed by atoms with Crippen LogP contribution >= 0.6 is 0 Å². The van der Waals surface area contributed by atoms with Crippen molar-refractivity contribution in [2.45, 2.75) is 26.2 Å². The molecule has 0 saturated carbocycles. The predicted octanol–water partition coefficient (Wildman–Crippen LogP) is 6.91. The number of hydrogen-bond acceptors (Lipinski definition) is 3. The quantitative estimate of drug-likeness (QED) is 0.321. The Morgan fingerprint density at radius 1 is 0.667 bits per heavy atom. The van der Waals surface area contributed by atoms with Gasteiger partial charge in [-0.05, 0) is 38.1 Å². The van der Waals surface area contributed by atoms with Gasteiger partial charge in [0.1, 0.15) is 11.5 Å². The third-order valence-corrected chi connectivity index (χ3v) is 5.11. The molecule has 5 nitrogen and oxygen atoms in total. The van der Waals surface area contributed by atoms with Crippen molar-refractivity contribution in [1.29, 1.82) is 0 Å². The van der Waals surface area contributed by atoms with Crippen LogP contribution in [0.15, 0.2) is 48.5 Å². The van der Waals surface area contributed by atoms with Gasteiger partial charge in [0, 0.05) is 22.3 Å². The summed E-state index contributed by atoms with van der Waals surface area (Å²) >= 11 is 0. The second-order valence-corrected chi connectivity index (χ2v) is 7.29. The van der Waals surface area contributed by atoms with Crippen molar-refractivity contribution in [3.05, 3.63) is 71.0 Å². The van der Waals surface area contributed by atoms with E-state index < -0.39 is 23.7 Å². The van der Waals surface area contributed by atoms with Crippen LogP contribution in [0.5, 0.6) is 11.5 Å². The number of halogens is 6. The van der Waals surface area contributed by atoms with Gasteiger partial charge in [-0.15, -0.1) is 0 Å². The fraction of sp³-hybridized carbons (Fsp3) is 0.182. The van der Waals surface area contributed by atoms with Crippen molar-refractivity contribution in [3.63, 3.8) is 0 Å². The molecule has 0 unspecified atom stereocenters. The van der Waals surface area contributed by atoms with Crippen molar-refractivity contribution in [2.24, 2.45) is 0 Å². The Balaban J connectivity index is 1.67. The molecule has 2 aromatic carbocycles. The maximum absolute atomic E-state index is 12.9. The summed E-state index contributed by atoms with van der Waals surface area (Å²) in [5.74, 6) is 0.744. The lowest BCUT2D eigenvalue weighted by Crippen LogP contribution is -2.04. The van der Waals surface area contributed by atoms with E-state index in [9.17, 15) is 26.3 Å². The monoisotopic (exact) mass is 466 g/mol. The van der Waals surface area contributed by atoms with Gasteiger partial charge in [0.15, 0.2) is 11.4 Å². The largest absolute Gasteiger partial charge is 0.457 e. The molecule has 0 fully saturated rings. The molecule has 11 heteroatoms. The number of H-pyrrole nitrogens is 2. The molecule has 0 atom stereocenters. The Kier molecular flexibility index (Phi) is 5.43. The van der Waals surface area contributed by atoms with Crippen LogP contribution in [0.1, 0.15) is 22.5 Å². The Labute approximate surface area is 183 Å². The average molecular weight is 466 g/mol. The highest BCUT2D eigenvalue weighted by molar-refractivity contribution is 5.69. The number of rotatable bonds is 4. The zero-order valence-electron chi connectivity index (χ0n) is 17.2. The smallest absolute Gasteiger partial charge is 0.435 e. The van der Waals surface area contributed by atoms with Gasteiger partial charge in [0.05, 0.1) is 11.4 Å². The number of hydrogen-bond donors (Lipinski definition) is 2. The van der Waals surface area contributed by atoms with Crippen LogP contribution in [-0.2, 0) is 12.4 Å². The summed E-state index contributed by atoms with van der Waals surface area (Å²) in [5.41, 5.74) is 0.316. The molecule has 33 heavy (non-hydrogen) atoms. The van der Waals surface area contributed by atoms with E-state index in [1.54, 1.807) is 50.2 Å². The minimum atomic E-state index is -4.58. The Hall–Kier alpha value is -3.76. The van der Waals surface area contributed by atoms with Crippen LogP contribution in [0.3, 0.4) is 0 Å². The maximum Gasteiger partial charge on any atom is 0.435 e. The minimum Gasteiger partial charge on any atom is -0.457 e. The first-order valence-corrected chi connectivity index (χ1v) is 9.58. The molecule has 0 amide bonds. The molecule has 0 saturated heterocycles. The highest BCUT2D eigenvalue weighted by Crippen LogP contribution is 2.38. The number of nitrogens with one attached hydrogen (secondary N) is 2. The molecular formula is C22H16F6N4O. The lowest BCUT2D eigenvalue weighted by Gasteiger charge is -2.15. The van der Waals surface area contributed by atoms with Gasteiger partial charge in [-0.2, -0.15) is 36.5 Å². The number of aromatic amines is 2. The Bertz CT molecular complexity index is 1200. The SMILES string of the molecule is Cc1c(Oc2cccc(-c3cc(C(F)(F)F)n[nH]3)c2C)cccc1-c1cc(C(F)(F)F)n[nH]1. The zero-order chi connectivity index (χ0) is 24.0. The highest BCUT2D eigenvalue weighted by Gasteiger charge is 2.35. The summed E-state index contributed by atoms with van der Waals surface area (Å²) in [7, 11) is 0. The molecule has 2 heterocycles. The number of benzene rings is 2. The maximum atomic E-state index is 12.9. The topological polar surface area (TPSA) is 66.6 Å². The van der Waals surface area contributed by atoms with E-state index in [4.69, 9.17) is 4.74 Å². The van der Waals surface area contributed by atoms with E-state index in [1.165, 1.54) is 0 Å². The first kappa shape index (κ1) is 22.4. The highest BCUT2D eigenvalue weighted by atomic mass is 19.4. The van der Waals surface area contributed by atoms with Crippen molar-refractivity contribution in [1.82, 2.24) is 20.4 Å². The molecular weight excluding hydrogens is 450 g/mol. The number of ether oxygens (including phenoxy) is 1. The molecule has 0 aliphatic heterocycles. The van der Waals surface area contributed by atoms with E-state index in [1.807, 2.05) is 0 Å². The summed E-state index contributed by atoms with van der Waals surface area (Å²) in [5, 5.41) is 11.4. The van der Waals surface area contributed by atoms with Crippen LogP contribution in [0.2, 0.25) is 0 Å². The van der Waals surface area contributed by atoms with Crippen LogP contribution in [0.25, 0.3) is 22.5 Å². The predicted molar refractivity (Wildman–Crippen MR) is 108 cm³/mol. The van der Waals surface area contributed by atoms with Gasteiger partial charge < -0.3 is 4.74 Å². The van der Waals surface area contributed by atoms with Gasteiger partial charge in [-0.3, -0.25) is 10.2 Å². The van der Waals surface area contributed by atoms with Crippen LogP contribution in [-0.4, -0.2) is 20.4 Å². The van der Waals surface area contributed by atoms with E-state index >= 15 is 0 Å². The average Bonchev–Trinajstić information content (AvgIpc) is 3.40. The Morgan fingerprint density at radius 3 is 1.39 bits per heavy atom. The zero-order valence-corrected chi connectivity index (χ0v) is 17.2. The molecule has 0 spiro atoms. The number of alkyl halides is 6. The summed E-state index contributed by atoms with van der Waals surface area (Å²) in [6, 6.07) is 11.6. The molecule has 2 N–H and O–H groups in total. The third kappa shape index (κ3) is 4.43. The normalized spacial score (nSPS) is 12.2. The summed E-state index contributed by atoms with van der Waals surface area (Å²) < 4.78 is 83.4. The van der Waals surface area contributed by atoms with Gasteiger partial charge in [0.25, 0.3) is 0 Å². The van der Waals surface area contributed by atoms with Gasteiger partial charge in [-0.25, -0.2) is 0 Å². The third-order valence-electron chi connectivity index (χ3n) is 5.11. The second kappa shape index (κ2) is 7.98. The van der Waals surface area contributed by atoms with Gasteiger partial charge in [-0.1, -0.05) is 24.3 Å². The molecule has 2 aromatic heterocycles. The lowest BCUT2D eigenvalue weighted by atomic mass is 10.0. The van der Waals surface area contributed by atoms with E-state index in [0.29, 0.717) is 33.8 Å². The van der Waals surface area contributed by atoms with Crippen LogP contribution < -0.4 is 4.74 Å². The van der Waals surface area contributed by atoms with Crippen LogP contribution in [0, 0.1) is 13.8 Å².